The van der Waals surface area contributed by atoms with E-state index in [0.717, 1.165) is 18.8 Å². The number of aromatic nitrogens is 1. The van der Waals surface area contributed by atoms with E-state index < -0.39 is 0 Å². The Hall–Kier alpha value is -2.59. The van der Waals surface area contributed by atoms with Crippen LogP contribution in [-0.2, 0) is 17.9 Å². The molecule has 0 saturated heterocycles. The van der Waals surface area contributed by atoms with Crippen LogP contribution in [0, 0.1) is 5.92 Å². The van der Waals surface area contributed by atoms with Crippen molar-refractivity contribution in [2.24, 2.45) is 5.92 Å². The zero-order valence-corrected chi connectivity index (χ0v) is 14.1. The second-order valence-electron chi connectivity index (χ2n) is 6.30. The Morgan fingerprint density at radius 3 is 2.58 bits per heavy atom. The first-order chi connectivity index (χ1) is 11.6. The van der Waals surface area contributed by atoms with E-state index in [9.17, 15) is 4.79 Å². The highest BCUT2D eigenvalue weighted by atomic mass is 16.1. The summed E-state index contributed by atoms with van der Waals surface area (Å²) in [6, 6.07) is 16.4. The third-order valence-electron chi connectivity index (χ3n) is 4.08. The van der Waals surface area contributed by atoms with Gasteiger partial charge in [0.15, 0.2) is 0 Å². The van der Waals surface area contributed by atoms with Gasteiger partial charge in [0.05, 0.1) is 0 Å². The molecule has 0 aliphatic rings. The number of amides is 1. The largest absolute Gasteiger partial charge is 0.361 e. The van der Waals surface area contributed by atoms with Gasteiger partial charge in [-0.1, -0.05) is 38.1 Å². The summed E-state index contributed by atoms with van der Waals surface area (Å²) in [7, 11) is 0. The minimum atomic E-state index is -0.0116. The second kappa shape index (κ2) is 7.32. The lowest BCUT2D eigenvalue weighted by Crippen LogP contribution is -2.17. The number of carbonyl (C=O) groups is 1. The predicted molar refractivity (Wildman–Crippen MR) is 98.8 cm³/mol. The van der Waals surface area contributed by atoms with Crippen LogP contribution in [0.1, 0.15) is 25.0 Å². The number of hydrogen-bond acceptors (Lipinski definition) is 2. The van der Waals surface area contributed by atoms with E-state index in [0.29, 0.717) is 0 Å². The van der Waals surface area contributed by atoms with Crippen molar-refractivity contribution in [3.63, 3.8) is 0 Å². The summed E-state index contributed by atoms with van der Waals surface area (Å²) in [5.41, 5.74) is 4.49. The van der Waals surface area contributed by atoms with Gasteiger partial charge >= 0.3 is 0 Å². The third-order valence-corrected chi connectivity index (χ3v) is 4.08. The summed E-state index contributed by atoms with van der Waals surface area (Å²) in [4.78, 5) is 14.9. The highest BCUT2D eigenvalue weighted by Gasteiger charge is 2.06. The van der Waals surface area contributed by atoms with Crippen LogP contribution in [0.4, 0.5) is 5.69 Å². The Balaban J connectivity index is 1.55. The van der Waals surface area contributed by atoms with Crippen LogP contribution in [0.5, 0.6) is 0 Å². The van der Waals surface area contributed by atoms with Gasteiger partial charge in [-0.3, -0.25) is 4.79 Å². The highest BCUT2D eigenvalue weighted by Crippen LogP contribution is 2.17. The van der Waals surface area contributed by atoms with Gasteiger partial charge in [-0.05, 0) is 35.4 Å². The SMILES string of the molecule is CC(C)C(=O)Nc1ccc(CNCc2cccc3[nH]ccc23)cc1. The van der Waals surface area contributed by atoms with Crippen molar-refractivity contribution in [1.29, 1.82) is 0 Å². The van der Waals surface area contributed by atoms with Gasteiger partial charge in [-0.25, -0.2) is 0 Å². The smallest absolute Gasteiger partial charge is 0.226 e. The third kappa shape index (κ3) is 3.84. The lowest BCUT2D eigenvalue weighted by Gasteiger charge is -2.09. The average molecular weight is 321 g/mol. The molecule has 0 aliphatic heterocycles. The number of aromatic amines is 1. The van der Waals surface area contributed by atoms with Crippen molar-refractivity contribution >= 4 is 22.5 Å². The van der Waals surface area contributed by atoms with Crippen molar-refractivity contribution in [2.45, 2.75) is 26.9 Å². The first-order valence-electron chi connectivity index (χ1n) is 8.29. The molecule has 3 N–H and O–H groups in total. The molecule has 4 heteroatoms. The summed E-state index contributed by atoms with van der Waals surface area (Å²) < 4.78 is 0. The molecule has 0 spiro atoms. The van der Waals surface area contributed by atoms with Gasteiger partial charge in [0.1, 0.15) is 0 Å². The van der Waals surface area contributed by atoms with Crippen molar-refractivity contribution in [2.75, 3.05) is 5.32 Å². The molecule has 0 fully saturated rings. The molecule has 1 heterocycles. The molecule has 0 radical (unpaired) electrons. The molecular formula is C20H23N3O. The molecule has 24 heavy (non-hydrogen) atoms. The molecule has 0 bridgehead atoms. The number of anilines is 1. The quantitative estimate of drug-likeness (QED) is 0.641. The fraction of sp³-hybridized carbons (Fsp3) is 0.250. The molecule has 0 unspecified atom stereocenters. The lowest BCUT2D eigenvalue weighted by molar-refractivity contribution is -0.118. The summed E-state index contributed by atoms with van der Waals surface area (Å²) in [6.45, 7) is 5.39. The van der Waals surface area contributed by atoms with Crippen molar-refractivity contribution in [3.05, 3.63) is 65.9 Å². The Morgan fingerprint density at radius 1 is 1.04 bits per heavy atom. The maximum absolute atomic E-state index is 11.7. The number of fused-ring (bicyclic) bond motifs is 1. The van der Waals surface area contributed by atoms with Crippen LogP contribution in [0.25, 0.3) is 10.9 Å². The Labute approximate surface area is 142 Å². The van der Waals surface area contributed by atoms with Gasteiger partial charge in [-0.15, -0.1) is 0 Å². The summed E-state index contributed by atoms with van der Waals surface area (Å²) >= 11 is 0. The number of nitrogens with one attached hydrogen (secondary N) is 3. The number of benzene rings is 2. The van der Waals surface area contributed by atoms with E-state index in [1.54, 1.807) is 0 Å². The standard InChI is InChI=1S/C20H23N3O/c1-14(2)20(24)23-17-8-6-15(7-9-17)12-21-13-16-4-3-5-19-18(16)10-11-22-19/h3-11,14,21-22H,12-13H2,1-2H3,(H,23,24). The summed E-state index contributed by atoms with van der Waals surface area (Å²) in [6.07, 6.45) is 1.97. The fourth-order valence-electron chi connectivity index (χ4n) is 2.64. The summed E-state index contributed by atoms with van der Waals surface area (Å²) in [5, 5.41) is 7.64. The van der Waals surface area contributed by atoms with Gasteiger partial charge in [-0.2, -0.15) is 0 Å². The predicted octanol–water partition coefficient (Wildman–Crippen LogP) is 4.05. The molecular weight excluding hydrogens is 298 g/mol. The van der Waals surface area contributed by atoms with E-state index in [1.165, 1.54) is 22.0 Å². The molecule has 3 rings (SSSR count). The molecule has 3 aromatic rings. The second-order valence-corrected chi connectivity index (χ2v) is 6.30. The summed E-state index contributed by atoms with van der Waals surface area (Å²) in [5.74, 6) is 0.0305. The van der Waals surface area contributed by atoms with Crippen molar-refractivity contribution in [1.82, 2.24) is 10.3 Å². The Morgan fingerprint density at radius 2 is 1.83 bits per heavy atom. The molecule has 124 valence electrons. The molecule has 0 saturated carbocycles. The van der Waals surface area contributed by atoms with Crippen LogP contribution in [-0.4, -0.2) is 10.9 Å². The number of rotatable bonds is 6. The van der Waals surface area contributed by atoms with Crippen molar-refractivity contribution < 1.29 is 4.79 Å². The zero-order chi connectivity index (χ0) is 16.9. The van der Waals surface area contributed by atoms with Crippen molar-refractivity contribution in [3.8, 4) is 0 Å². The fourth-order valence-corrected chi connectivity index (χ4v) is 2.64. The first kappa shape index (κ1) is 16.3. The maximum Gasteiger partial charge on any atom is 0.226 e. The van der Waals surface area contributed by atoms with Crippen LogP contribution in [0.3, 0.4) is 0 Å². The Kier molecular flexibility index (Phi) is 4.96. The van der Waals surface area contributed by atoms with E-state index in [4.69, 9.17) is 0 Å². The maximum atomic E-state index is 11.7. The van der Waals surface area contributed by atoms with Crippen LogP contribution in [0.15, 0.2) is 54.7 Å². The molecule has 4 nitrogen and oxygen atoms in total. The van der Waals surface area contributed by atoms with Gasteiger partial charge in [0.2, 0.25) is 5.91 Å². The zero-order valence-electron chi connectivity index (χ0n) is 14.1. The van der Waals surface area contributed by atoms with Crippen LogP contribution < -0.4 is 10.6 Å². The van der Waals surface area contributed by atoms with Gasteiger partial charge in [0, 0.05) is 41.8 Å². The number of carbonyl (C=O) groups excluding carboxylic acids is 1. The van der Waals surface area contributed by atoms with Gasteiger partial charge < -0.3 is 15.6 Å². The van der Waals surface area contributed by atoms with Crippen LogP contribution >= 0.6 is 0 Å². The molecule has 0 aliphatic carbocycles. The average Bonchev–Trinajstić information content (AvgIpc) is 3.06. The van der Waals surface area contributed by atoms with Gasteiger partial charge in [0.25, 0.3) is 0 Å². The minimum Gasteiger partial charge on any atom is -0.361 e. The highest BCUT2D eigenvalue weighted by molar-refractivity contribution is 5.92. The molecule has 2 aromatic carbocycles. The monoisotopic (exact) mass is 321 g/mol. The lowest BCUT2D eigenvalue weighted by atomic mass is 10.1. The normalized spacial score (nSPS) is 11.1. The van der Waals surface area contributed by atoms with E-state index in [2.05, 4.69) is 39.9 Å². The van der Waals surface area contributed by atoms with E-state index in [-0.39, 0.29) is 11.8 Å². The molecule has 1 amide bonds. The molecule has 1 aromatic heterocycles. The topological polar surface area (TPSA) is 56.9 Å². The minimum absolute atomic E-state index is 0.0116. The molecule has 0 atom stereocenters. The number of hydrogen-bond donors (Lipinski definition) is 3. The van der Waals surface area contributed by atoms with E-state index in [1.807, 2.05) is 44.3 Å². The number of H-pyrrole nitrogens is 1. The first-order valence-corrected chi connectivity index (χ1v) is 8.29. The van der Waals surface area contributed by atoms with Crippen LogP contribution in [0.2, 0.25) is 0 Å². The van der Waals surface area contributed by atoms with E-state index >= 15 is 0 Å². The Bertz CT molecular complexity index is 818.